The first kappa shape index (κ1) is 17.0. The third kappa shape index (κ3) is 5.42. The maximum absolute atomic E-state index is 9.54. The second kappa shape index (κ2) is 8.95. The molecule has 0 spiro atoms. The molecule has 107 valence electrons. The average Bonchev–Trinajstić information content (AvgIpc) is 2.46. The molecule has 2 rings (SSSR count). The molecule has 0 aliphatic heterocycles. The van der Waals surface area contributed by atoms with Gasteiger partial charge in [-0.15, -0.1) is 0 Å². The Kier molecular flexibility index (Phi) is 7.22. The van der Waals surface area contributed by atoms with Crippen LogP contribution in [0.25, 0.3) is 0 Å². The molecule has 0 bridgehead atoms. The number of benzene rings is 2. The van der Waals surface area contributed by atoms with Crippen molar-refractivity contribution in [1.29, 1.82) is 0 Å². The first-order chi connectivity index (χ1) is 9.77. The van der Waals surface area contributed by atoms with E-state index in [2.05, 4.69) is 9.98 Å². The topological polar surface area (TPSA) is 65.2 Å². The molecule has 2 aromatic rings. The third-order valence-corrected chi connectivity index (χ3v) is 2.69. The molecule has 0 aliphatic carbocycles. The van der Waals surface area contributed by atoms with Gasteiger partial charge in [0.2, 0.25) is 0 Å². The summed E-state index contributed by atoms with van der Waals surface area (Å²) < 4.78 is 0. The van der Waals surface area contributed by atoms with Gasteiger partial charge in [0.1, 0.15) is 11.5 Å². The van der Waals surface area contributed by atoms with E-state index in [0.29, 0.717) is 24.2 Å². The largest absolute Gasteiger partial charge is 2.00 e. The second-order valence-corrected chi connectivity index (χ2v) is 4.19. The van der Waals surface area contributed by atoms with E-state index in [-0.39, 0.29) is 28.6 Å². The SMILES string of the molecule is Oc1ccccc1C=NCCN=Cc1ccccc1O.[Mn+2]. The maximum atomic E-state index is 9.54. The van der Waals surface area contributed by atoms with Crippen LogP contribution in [-0.4, -0.2) is 35.7 Å². The fraction of sp³-hybridized carbons (Fsp3) is 0.125. The van der Waals surface area contributed by atoms with Crippen LogP contribution in [0.2, 0.25) is 0 Å². The van der Waals surface area contributed by atoms with Crippen LogP contribution < -0.4 is 0 Å². The van der Waals surface area contributed by atoms with Crippen molar-refractivity contribution in [1.82, 2.24) is 0 Å². The number of nitrogens with zero attached hydrogens (tertiary/aromatic N) is 2. The van der Waals surface area contributed by atoms with Crippen LogP contribution in [0.3, 0.4) is 0 Å². The van der Waals surface area contributed by atoms with Crippen molar-refractivity contribution in [3.8, 4) is 11.5 Å². The molecule has 0 atom stereocenters. The Morgan fingerprint density at radius 3 is 1.48 bits per heavy atom. The van der Waals surface area contributed by atoms with E-state index < -0.39 is 0 Å². The molecule has 0 heterocycles. The standard InChI is InChI=1S/C16H16N2O2.Mn/c19-15-7-3-1-5-13(15)11-17-9-10-18-12-14-6-2-4-8-16(14)20;/h1-8,11-12,19-20H,9-10H2;/q;+2. The van der Waals surface area contributed by atoms with Gasteiger partial charge in [0, 0.05) is 23.6 Å². The Balaban J connectivity index is 0.00000220. The summed E-state index contributed by atoms with van der Waals surface area (Å²) in [5.41, 5.74) is 1.38. The van der Waals surface area contributed by atoms with E-state index in [1.807, 2.05) is 12.1 Å². The van der Waals surface area contributed by atoms with Gasteiger partial charge in [-0.1, -0.05) is 24.3 Å². The minimum absolute atomic E-state index is 0. The number of hydrogen-bond donors (Lipinski definition) is 2. The number of phenolic OH excluding ortho intramolecular Hbond substituents is 2. The predicted octanol–water partition coefficient (Wildman–Crippen LogP) is 2.63. The van der Waals surface area contributed by atoms with Gasteiger partial charge >= 0.3 is 17.1 Å². The summed E-state index contributed by atoms with van der Waals surface area (Å²) in [6.07, 6.45) is 3.26. The normalized spacial score (nSPS) is 10.9. The van der Waals surface area contributed by atoms with Crippen LogP contribution in [0, 0.1) is 0 Å². The molecule has 0 fully saturated rings. The molecule has 0 saturated carbocycles. The second-order valence-electron chi connectivity index (χ2n) is 4.19. The van der Waals surface area contributed by atoms with Gasteiger partial charge in [-0.2, -0.15) is 0 Å². The molecule has 0 saturated heterocycles. The van der Waals surface area contributed by atoms with E-state index in [0.717, 1.165) is 0 Å². The van der Waals surface area contributed by atoms with Crippen molar-refractivity contribution in [2.45, 2.75) is 0 Å². The van der Waals surface area contributed by atoms with E-state index in [1.54, 1.807) is 48.8 Å². The molecule has 21 heavy (non-hydrogen) atoms. The predicted molar refractivity (Wildman–Crippen MR) is 81.1 cm³/mol. The van der Waals surface area contributed by atoms with Gasteiger partial charge in [0.25, 0.3) is 0 Å². The van der Waals surface area contributed by atoms with Crippen molar-refractivity contribution in [3.63, 3.8) is 0 Å². The number of phenols is 2. The van der Waals surface area contributed by atoms with Crippen LogP contribution in [0.4, 0.5) is 0 Å². The minimum atomic E-state index is 0. The third-order valence-electron chi connectivity index (χ3n) is 2.69. The van der Waals surface area contributed by atoms with Gasteiger partial charge in [-0.3, -0.25) is 9.98 Å². The van der Waals surface area contributed by atoms with Gasteiger partial charge < -0.3 is 10.2 Å². The molecule has 0 aromatic heterocycles. The van der Waals surface area contributed by atoms with E-state index in [4.69, 9.17) is 0 Å². The van der Waals surface area contributed by atoms with Crippen molar-refractivity contribution < 1.29 is 27.3 Å². The van der Waals surface area contributed by atoms with Crippen molar-refractivity contribution >= 4 is 12.4 Å². The van der Waals surface area contributed by atoms with Crippen LogP contribution in [0.1, 0.15) is 11.1 Å². The molecule has 2 aromatic carbocycles. The Bertz CT molecular complexity index is 572. The maximum Gasteiger partial charge on any atom is 2.00 e. The molecule has 1 radical (unpaired) electrons. The zero-order valence-corrected chi connectivity index (χ0v) is 12.5. The molecule has 0 amide bonds. The van der Waals surface area contributed by atoms with Crippen molar-refractivity contribution in [3.05, 3.63) is 59.7 Å². The smallest absolute Gasteiger partial charge is 0.507 e. The molecule has 5 heteroatoms. The van der Waals surface area contributed by atoms with Gasteiger partial charge in [-0.25, -0.2) is 0 Å². The number of hydrogen-bond acceptors (Lipinski definition) is 4. The first-order valence-corrected chi connectivity index (χ1v) is 6.33. The van der Waals surface area contributed by atoms with E-state index in [1.165, 1.54) is 0 Å². The summed E-state index contributed by atoms with van der Waals surface area (Å²) in [7, 11) is 0. The van der Waals surface area contributed by atoms with Crippen LogP contribution in [0.5, 0.6) is 11.5 Å². The summed E-state index contributed by atoms with van der Waals surface area (Å²) in [5, 5.41) is 19.1. The molecule has 4 nitrogen and oxygen atoms in total. The zero-order valence-electron chi connectivity index (χ0n) is 11.4. The number of aromatic hydroxyl groups is 2. The van der Waals surface area contributed by atoms with Gasteiger partial charge in [-0.05, 0) is 24.3 Å². The summed E-state index contributed by atoms with van der Waals surface area (Å²) in [6, 6.07) is 14.1. The Labute approximate surface area is 134 Å². The number of aliphatic imine (C=N–C) groups is 2. The Morgan fingerprint density at radius 2 is 1.10 bits per heavy atom. The van der Waals surface area contributed by atoms with Crippen LogP contribution in [0.15, 0.2) is 58.5 Å². The summed E-state index contributed by atoms with van der Waals surface area (Å²) in [5.74, 6) is 0.433. The van der Waals surface area contributed by atoms with Crippen LogP contribution in [-0.2, 0) is 17.1 Å². The molecule has 0 aliphatic rings. The summed E-state index contributed by atoms with van der Waals surface area (Å²) in [6.45, 7) is 1.05. The van der Waals surface area contributed by atoms with Crippen molar-refractivity contribution in [2.24, 2.45) is 9.98 Å². The van der Waals surface area contributed by atoms with Gasteiger partial charge in [0.05, 0.1) is 13.1 Å². The molecule has 2 N–H and O–H groups in total. The quantitative estimate of drug-likeness (QED) is 0.505. The number of rotatable bonds is 5. The number of para-hydroxylation sites is 2. The fourth-order valence-electron chi connectivity index (χ4n) is 1.63. The fourth-order valence-corrected chi connectivity index (χ4v) is 1.63. The molecular formula is C16H16MnN2O2+2. The molecular weight excluding hydrogens is 307 g/mol. The average molecular weight is 323 g/mol. The first-order valence-electron chi connectivity index (χ1n) is 6.33. The molecule has 0 unspecified atom stereocenters. The monoisotopic (exact) mass is 323 g/mol. The summed E-state index contributed by atoms with van der Waals surface area (Å²) >= 11 is 0. The minimum Gasteiger partial charge on any atom is -0.507 e. The van der Waals surface area contributed by atoms with Crippen molar-refractivity contribution in [2.75, 3.05) is 13.1 Å². The summed E-state index contributed by atoms with van der Waals surface area (Å²) in [4.78, 5) is 8.39. The van der Waals surface area contributed by atoms with E-state index >= 15 is 0 Å². The zero-order chi connectivity index (χ0) is 14.2. The Hall–Kier alpha value is -2.10. The Morgan fingerprint density at radius 1 is 0.714 bits per heavy atom. The van der Waals surface area contributed by atoms with Crippen LogP contribution >= 0.6 is 0 Å². The van der Waals surface area contributed by atoms with E-state index in [9.17, 15) is 10.2 Å². The van der Waals surface area contributed by atoms with Gasteiger partial charge in [0.15, 0.2) is 0 Å².